The Morgan fingerprint density at radius 2 is 1.73 bits per heavy atom. The van der Waals surface area contributed by atoms with Crippen LogP contribution < -0.4 is 10.8 Å². The molecule has 3 N–H and O–H groups in total. The van der Waals surface area contributed by atoms with E-state index in [-0.39, 0.29) is 5.70 Å². The molecule has 2 aromatic rings. The van der Waals surface area contributed by atoms with Gasteiger partial charge in [-0.1, -0.05) is 49.0 Å². The Hall–Kier alpha value is -2.67. The van der Waals surface area contributed by atoms with E-state index >= 15 is 0 Å². The Labute approximate surface area is 179 Å². The van der Waals surface area contributed by atoms with Crippen LogP contribution in [0.25, 0.3) is 0 Å². The molecule has 6 heteroatoms. The molecule has 0 saturated carbocycles. The summed E-state index contributed by atoms with van der Waals surface area (Å²) in [6.45, 7) is 14.1. The molecular formula is C24H32N4O2. The molecule has 0 spiro atoms. The molecular weight excluding hydrogens is 376 g/mol. The number of hydrogen-bond acceptors (Lipinski definition) is 5. The van der Waals surface area contributed by atoms with Crippen LogP contribution in [0.2, 0.25) is 0 Å². The second kappa shape index (κ2) is 9.89. The van der Waals surface area contributed by atoms with Crippen molar-refractivity contribution in [2.75, 3.05) is 18.4 Å². The zero-order chi connectivity index (χ0) is 21.7. The first-order chi connectivity index (χ1) is 14.4. The molecule has 0 aliphatic carbocycles. The van der Waals surface area contributed by atoms with Gasteiger partial charge in [0.1, 0.15) is 0 Å². The SMILES string of the molecule is C=C(Nc1cc(CN2C[C@@H](C)N(Cc3ccccc3)[C@@H](C)C2)ccc1C)C(=O)NO. The molecule has 160 valence electrons. The van der Waals surface area contributed by atoms with E-state index in [4.69, 9.17) is 5.21 Å². The Kier molecular flexibility index (Phi) is 7.26. The van der Waals surface area contributed by atoms with Crippen molar-refractivity contribution in [1.29, 1.82) is 0 Å². The lowest BCUT2D eigenvalue weighted by molar-refractivity contribution is -0.125. The van der Waals surface area contributed by atoms with E-state index in [1.165, 1.54) is 11.1 Å². The molecule has 1 amide bonds. The van der Waals surface area contributed by atoms with Crippen molar-refractivity contribution in [1.82, 2.24) is 15.3 Å². The summed E-state index contributed by atoms with van der Waals surface area (Å²) in [5.74, 6) is -0.642. The number of benzene rings is 2. The van der Waals surface area contributed by atoms with Gasteiger partial charge < -0.3 is 5.32 Å². The number of carbonyl (C=O) groups excluding carboxylic acids is 1. The van der Waals surface area contributed by atoms with E-state index in [2.05, 4.69) is 78.0 Å². The maximum absolute atomic E-state index is 11.5. The summed E-state index contributed by atoms with van der Waals surface area (Å²) >= 11 is 0. The molecule has 1 fully saturated rings. The monoisotopic (exact) mass is 408 g/mol. The molecule has 1 saturated heterocycles. The predicted molar refractivity (Wildman–Crippen MR) is 120 cm³/mol. The molecule has 0 radical (unpaired) electrons. The quantitative estimate of drug-likeness (QED) is 0.372. The van der Waals surface area contributed by atoms with E-state index in [9.17, 15) is 4.79 Å². The zero-order valence-electron chi connectivity index (χ0n) is 18.1. The lowest BCUT2D eigenvalue weighted by Gasteiger charge is -2.44. The van der Waals surface area contributed by atoms with Crippen molar-refractivity contribution in [3.05, 3.63) is 77.5 Å². The number of anilines is 1. The van der Waals surface area contributed by atoms with Crippen LogP contribution in [-0.4, -0.2) is 46.1 Å². The lowest BCUT2D eigenvalue weighted by Crippen LogP contribution is -2.55. The summed E-state index contributed by atoms with van der Waals surface area (Å²) < 4.78 is 0. The number of aryl methyl sites for hydroxylation is 1. The van der Waals surface area contributed by atoms with Crippen LogP contribution in [0.5, 0.6) is 0 Å². The van der Waals surface area contributed by atoms with Gasteiger partial charge in [-0.05, 0) is 43.5 Å². The minimum atomic E-state index is -0.642. The van der Waals surface area contributed by atoms with E-state index in [1.54, 1.807) is 5.48 Å². The minimum absolute atomic E-state index is 0.106. The van der Waals surface area contributed by atoms with Gasteiger partial charge in [0.15, 0.2) is 0 Å². The number of hydrogen-bond donors (Lipinski definition) is 3. The average molecular weight is 409 g/mol. The second-order valence-electron chi connectivity index (χ2n) is 8.24. The number of nitrogens with zero attached hydrogens (tertiary/aromatic N) is 2. The number of amides is 1. The summed E-state index contributed by atoms with van der Waals surface area (Å²) in [7, 11) is 0. The molecule has 2 atom stereocenters. The summed E-state index contributed by atoms with van der Waals surface area (Å²) in [6, 6.07) is 17.8. The van der Waals surface area contributed by atoms with Crippen LogP contribution >= 0.6 is 0 Å². The fourth-order valence-electron chi connectivity index (χ4n) is 4.15. The fraction of sp³-hybridized carbons (Fsp3) is 0.375. The molecule has 1 heterocycles. The van der Waals surface area contributed by atoms with Crippen molar-refractivity contribution in [2.45, 2.75) is 45.9 Å². The Balaban J connectivity index is 1.64. The third-order valence-corrected chi connectivity index (χ3v) is 5.75. The topological polar surface area (TPSA) is 67.8 Å². The highest BCUT2D eigenvalue weighted by Gasteiger charge is 2.29. The predicted octanol–water partition coefficient (Wildman–Crippen LogP) is 3.52. The van der Waals surface area contributed by atoms with E-state index in [0.717, 1.165) is 37.4 Å². The molecule has 0 aromatic heterocycles. The van der Waals surface area contributed by atoms with E-state index in [1.807, 2.05) is 13.0 Å². The van der Waals surface area contributed by atoms with Crippen molar-refractivity contribution >= 4 is 11.6 Å². The largest absolute Gasteiger partial charge is 0.351 e. The van der Waals surface area contributed by atoms with Gasteiger partial charge in [0.25, 0.3) is 5.91 Å². The first-order valence-corrected chi connectivity index (χ1v) is 10.4. The lowest BCUT2D eigenvalue weighted by atomic mass is 10.0. The first kappa shape index (κ1) is 22.0. The summed E-state index contributed by atoms with van der Waals surface area (Å²) in [5.41, 5.74) is 6.08. The Morgan fingerprint density at radius 1 is 1.07 bits per heavy atom. The van der Waals surface area contributed by atoms with Crippen LogP contribution in [0, 0.1) is 6.92 Å². The molecule has 6 nitrogen and oxygen atoms in total. The van der Waals surface area contributed by atoms with Crippen LogP contribution in [-0.2, 0) is 17.9 Å². The summed E-state index contributed by atoms with van der Waals surface area (Å²) in [5, 5.41) is 11.8. The number of hydroxylamine groups is 1. The normalized spacial score (nSPS) is 20.0. The van der Waals surface area contributed by atoms with E-state index < -0.39 is 5.91 Å². The standard InChI is InChI=1S/C24H32N4O2/c1-17-10-11-22(12-23(17)25-20(4)24(29)26-30)15-27-13-18(2)28(19(3)14-27)16-21-8-6-5-7-9-21/h5-12,18-19,25,30H,4,13-16H2,1-3H3,(H,26,29)/t18-,19+. The molecule has 0 unspecified atom stereocenters. The number of piperazine rings is 1. The maximum atomic E-state index is 11.5. The highest BCUT2D eigenvalue weighted by molar-refractivity contribution is 5.95. The third kappa shape index (κ3) is 5.48. The smallest absolute Gasteiger partial charge is 0.290 e. The first-order valence-electron chi connectivity index (χ1n) is 10.4. The zero-order valence-corrected chi connectivity index (χ0v) is 18.1. The minimum Gasteiger partial charge on any atom is -0.351 e. The Bertz CT molecular complexity index is 872. The van der Waals surface area contributed by atoms with Gasteiger partial charge in [0.2, 0.25) is 0 Å². The van der Waals surface area contributed by atoms with Gasteiger partial charge in [0, 0.05) is 44.0 Å². The molecule has 2 aromatic carbocycles. The van der Waals surface area contributed by atoms with Gasteiger partial charge in [-0.2, -0.15) is 0 Å². The number of nitrogens with one attached hydrogen (secondary N) is 2. The van der Waals surface area contributed by atoms with Crippen LogP contribution in [0.15, 0.2) is 60.8 Å². The van der Waals surface area contributed by atoms with Gasteiger partial charge in [0.05, 0.1) is 5.70 Å². The molecule has 1 aliphatic rings. The summed E-state index contributed by atoms with van der Waals surface area (Å²) in [6.07, 6.45) is 0. The highest BCUT2D eigenvalue weighted by Crippen LogP contribution is 2.23. The van der Waals surface area contributed by atoms with Crippen LogP contribution in [0.3, 0.4) is 0 Å². The van der Waals surface area contributed by atoms with Gasteiger partial charge in [-0.25, -0.2) is 5.48 Å². The van der Waals surface area contributed by atoms with Crippen LogP contribution in [0.4, 0.5) is 5.69 Å². The second-order valence-corrected chi connectivity index (χ2v) is 8.24. The van der Waals surface area contributed by atoms with E-state index in [0.29, 0.717) is 12.1 Å². The molecule has 0 bridgehead atoms. The third-order valence-electron chi connectivity index (χ3n) is 5.75. The van der Waals surface area contributed by atoms with Gasteiger partial charge in [-0.15, -0.1) is 0 Å². The molecule has 1 aliphatic heterocycles. The number of carbonyl (C=O) groups is 1. The van der Waals surface area contributed by atoms with Crippen molar-refractivity contribution in [3.8, 4) is 0 Å². The van der Waals surface area contributed by atoms with Crippen molar-refractivity contribution < 1.29 is 10.0 Å². The molecule has 30 heavy (non-hydrogen) atoms. The van der Waals surface area contributed by atoms with Crippen LogP contribution in [0.1, 0.15) is 30.5 Å². The Morgan fingerprint density at radius 3 is 2.37 bits per heavy atom. The van der Waals surface area contributed by atoms with Gasteiger partial charge >= 0.3 is 0 Å². The number of rotatable bonds is 7. The van der Waals surface area contributed by atoms with Crippen molar-refractivity contribution in [2.24, 2.45) is 0 Å². The highest BCUT2D eigenvalue weighted by atomic mass is 16.5. The van der Waals surface area contributed by atoms with Gasteiger partial charge in [-0.3, -0.25) is 19.8 Å². The average Bonchev–Trinajstić information content (AvgIpc) is 2.73. The summed E-state index contributed by atoms with van der Waals surface area (Å²) in [4.78, 5) is 16.6. The maximum Gasteiger partial charge on any atom is 0.290 e. The van der Waals surface area contributed by atoms with Crippen molar-refractivity contribution in [3.63, 3.8) is 0 Å². The molecule has 3 rings (SSSR count). The fourth-order valence-corrected chi connectivity index (χ4v) is 4.15.